The molecule has 3 N–H and O–H groups in total. The molecule has 0 saturated carbocycles. The summed E-state index contributed by atoms with van der Waals surface area (Å²) in [6.45, 7) is 2.82. The van der Waals surface area contributed by atoms with Crippen LogP contribution >= 0.6 is 0 Å². The van der Waals surface area contributed by atoms with Crippen molar-refractivity contribution in [2.75, 3.05) is 29.9 Å². The van der Waals surface area contributed by atoms with Crippen molar-refractivity contribution in [1.29, 1.82) is 0 Å². The molecule has 1 aromatic carbocycles. The highest BCUT2D eigenvalue weighted by Gasteiger charge is 2.35. The highest BCUT2D eigenvalue weighted by atomic mass is 16.3. The summed E-state index contributed by atoms with van der Waals surface area (Å²) in [5.41, 5.74) is 7.60. The highest BCUT2D eigenvalue weighted by Crippen LogP contribution is 2.24. The average molecular weight is 397 g/mol. The van der Waals surface area contributed by atoms with Gasteiger partial charge in [-0.2, -0.15) is 0 Å². The van der Waals surface area contributed by atoms with Crippen LogP contribution in [0.15, 0.2) is 34.9 Å². The van der Waals surface area contributed by atoms with Gasteiger partial charge in [0.2, 0.25) is 11.8 Å². The van der Waals surface area contributed by atoms with E-state index in [9.17, 15) is 9.59 Å². The maximum atomic E-state index is 12.8. The molecule has 2 aliphatic rings. The molecule has 0 spiro atoms. The Morgan fingerprint density at radius 2 is 1.86 bits per heavy atom. The molecular weight excluding hydrogens is 370 g/mol. The molecule has 1 aromatic heterocycles. The number of nitrogens with two attached hydrogens (primary N) is 1. The van der Waals surface area contributed by atoms with Crippen molar-refractivity contribution in [3.63, 3.8) is 0 Å². The second kappa shape index (κ2) is 8.65. The number of hydrogen-bond acceptors (Lipinski definition) is 6. The normalized spacial score (nSPS) is 19.4. The standard InChI is InChI=1S/C21H27N5O3/c22-13-19-24-17(14-29-19)21(28)26-12-4-5-18(26)20(27)23-15-6-8-16(9-7-15)25-10-2-1-3-11-25/h6-9,14,18H,1-5,10-13,22H2,(H,23,27)/t18-/m1/s1. The van der Waals surface area contributed by atoms with Gasteiger partial charge in [0.25, 0.3) is 5.91 Å². The van der Waals surface area contributed by atoms with Crippen molar-refractivity contribution in [1.82, 2.24) is 9.88 Å². The zero-order valence-electron chi connectivity index (χ0n) is 16.5. The molecular formula is C21H27N5O3. The lowest BCUT2D eigenvalue weighted by atomic mass is 10.1. The first-order valence-corrected chi connectivity index (χ1v) is 10.3. The van der Waals surface area contributed by atoms with Crippen LogP contribution in [0.25, 0.3) is 0 Å². The van der Waals surface area contributed by atoms with Crippen LogP contribution < -0.4 is 16.0 Å². The lowest BCUT2D eigenvalue weighted by Gasteiger charge is -2.29. The average Bonchev–Trinajstić information content (AvgIpc) is 3.44. The van der Waals surface area contributed by atoms with Crippen LogP contribution in [0.1, 0.15) is 48.5 Å². The van der Waals surface area contributed by atoms with Crippen LogP contribution in [-0.4, -0.2) is 47.4 Å². The quantitative estimate of drug-likeness (QED) is 0.803. The Morgan fingerprint density at radius 3 is 2.55 bits per heavy atom. The minimum atomic E-state index is -0.512. The van der Waals surface area contributed by atoms with Crippen LogP contribution in [0, 0.1) is 0 Å². The fourth-order valence-corrected chi connectivity index (χ4v) is 4.07. The van der Waals surface area contributed by atoms with Gasteiger partial charge in [0.1, 0.15) is 12.3 Å². The molecule has 0 aliphatic carbocycles. The third-order valence-electron chi connectivity index (χ3n) is 5.62. The molecule has 2 fully saturated rings. The van der Waals surface area contributed by atoms with Crippen molar-refractivity contribution in [3.05, 3.63) is 42.1 Å². The summed E-state index contributed by atoms with van der Waals surface area (Å²) in [4.78, 5) is 33.6. The van der Waals surface area contributed by atoms with Crippen molar-refractivity contribution in [2.24, 2.45) is 5.73 Å². The number of carbonyl (C=O) groups excluding carboxylic acids is 2. The molecule has 1 atom stereocenters. The molecule has 2 aromatic rings. The van der Waals surface area contributed by atoms with Gasteiger partial charge >= 0.3 is 0 Å². The summed E-state index contributed by atoms with van der Waals surface area (Å²) in [5, 5.41) is 2.95. The molecule has 2 aliphatic heterocycles. The minimum Gasteiger partial charge on any atom is -0.447 e. The first kappa shape index (κ1) is 19.4. The monoisotopic (exact) mass is 397 g/mol. The lowest BCUT2D eigenvalue weighted by molar-refractivity contribution is -0.119. The van der Waals surface area contributed by atoms with Crippen molar-refractivity contribution < 1.29 is 14.0 Å². The number of benzene rings is 1. The zero-order chi connectivity index (χ0) is 20.2. The van der Waals surface area contributed by atoms with Gasteiger partial charge < -0.3 is 25.3 Å². The smallest absolute Gasteiger partial charge is 0.276 e. The van der Waals surface area contributed by atoms with Crippen molar-refractivity contribution in [2.45, 2.75) is 44.7 Å². The van der Waals surface area contributed by atoms with E-state index in [2.05, 4.69) is 15.2 Å². The van der Waals surface area contributed by atoms with E-state index in [0.717, 1.165) is 25.2 Å². The molecule has 3 heterocycles. The third-order valence-corrected chi connectivity index (χ3v) is 5.62. The lowest BCUT2D eigenvalue weighted by Crippen LogP contribution is -2.43. The van der Waals surface area contributed by atoms with Gasteiger partial charge in [0, 0.05) is 31.0 Å². The number of amides is 2. The molecule has 29 heavy (non-hydrogen) atoms. The summed E-state index contributed by atoms with van der Waals surface area (Å²) in [6, 6.07) is 7.43. The van der Waals surface area contributed by atoms with Gasteiger partial charge in [0.05, 0.1) is 6.54 Å². The number of likely N-dealkylation sites (tertiary alicyclic amines) is 1. The maximum Gasteiger partial charge on any atom is 0.276 e. The Morgan fingerprint density at radius 1 is 1.10 bits per heavy atom. The van der Waals surface area contributed by atoms with Crippen LogP contribution in [-0.2, 0) is 11.3 Å². The molecule has 0 unspecified atom stereocenters. The molecule has 2 saturated heterocycles. The Hall–Kier alpha value is -2.87. The molecule has 8 nitrogen and oxygen atoms in total. The Balaban J connectivity index is 1.39. The van der Waals surface area contributed by atoms with E-state index >= 15 is 0 Å². The fraction of sp³-hybridized carbons (Fsp3) is 0.476. The van der Waals surface area contributed by atoms with Crippen molar-refractivity contribution >= 4 is 23.2 Å². The van der Waals surface area contributed by atoms with Crippen molar-refractivity contribution in [3.8, 4) is 0 Å². The SMILES string of the molecule is NCc1nc(C(=O)N2CCC[C@@H]2C(=O)Nc2ccc(N3CCCCC3)cc2)co1. The third kappa shape index (κ3) is 4.27. The number of anilines is 2. The number of piperidine rings is 1. The van der Waals surface area contributed by atoms with E-state index in [-0.39, 0.29) is 24.1 Å². The molecule has 4 rings (SSSR count). The molecule has 0 bridgehead atoms. The largest absolute Gasteiger partial charge is 0.447 e. The van der Waals surface area contributed by atoms with Crippen LogP contribution in [0.5, 0.6) is 0 Å². The van der Waals surface area contributed by atoms with Gasteiger partial charge in [-0.25, -0.2) is 4.98 Å². The number of hydrogen-bond donors (Lipinski definition) is 2. The summed E-state index contributed by atoms with van der Waals surface area (Å²) < 4.78 is 5.16. The number of aromatic nitrogens is 1. The second-order valence-corrected chi connectivity index (χ2v) is 7.57. The number of nitrogens with zero attached hydrogens (tertiary/aromatic N) is 3. The number of oxazole rings is 1. The summed E-state index contributed by atoms with van der Waals surface area (Å²) in [5.74, 6) is -0.169. The van der Waals surface area contributed by atoms with Gasteiger partial charge in [-0.3, -0.25) is 9.59 Å². The van der Waals surface area contributed by atoms with Gasteiger partial charge in [-0.05, 0) is 56.4 Å². The number of rotatable bonds is 5. The van der Waals surface area contributed by atoms with Crippen LogP contribution in [0.2, 0.25) is 0 Å². The van der Waals surface area contributed by atoms with E-state index in [4.69, 9.17) is 10.2 Å². The first-order chi connectivity index (χ1) is 14.2. The highest BCUT2D eigenvalue weighted by molar-refractivity contribution is 6.00. The van der Waals surface area contributed by atoms with Crippen LogP contribution in [0.4, 0.5) is 11.4 Å². The summed E-state index contributed by atoms with van der Waals surface area (Å²) >= 11 is 0. The Kier molecular flexibility index (Phi) is 5.80. The van der Waals surface area contributed by atoms with E-state index in [1.165, 1.54) is 31.2 Å². The number of carbonyl (C=O) groups is 2. The Labute approximate surface area is 170 Å². The van der Waals surface area contributed by atoms with Gasteiger partial charge in [-0.1, -0.05) is 0 Å². The van der Waals surface area contributed by atoms with E-state index in [1.54, 1.807) is 4.90 Å². The second-order valence-electron chi connectivity index (χ2n) is 7.57. The maximum absolute atomic E-state index is 12.8. The zero-order valence-corrected chi connectivity index (χ0v) is 16.5. The van der Waals surface area contributed by atoms with Gasteiger partial charge in [0.15, 0.2) is 5.69 Å². The molecule has 8 heteroatoms. The van der Waals surface area contributed by atoms with Gasteiger partial charge in [-0.15, -0.1) is 0 Å². The Bertz CT molecular complexity index is 857. The molecule has 0 radical (unpaired) electrons. The minimum absolute atomic E-state index is 0.130. The predicted molar refractivity (Wildman–Crippen MR) is 110 cm³/mol. The summed E-state index contributed by atoms with van der Waals surface area (Å²) in [7, 11) is 0. The fourth-order valence-electron chi connectivity index (χ4n) is 4.07. The molecule has 2 amide bonds. The van der Waals surface area contributed by atoms with E-state index in [0.29, 0.717) is 18.9 Å². The van der Waals surface area contributed by atoms with E-state index in [1.807, 2.05) is 24.3 Å². The van der Waals surface area contributed by atoms with E-state index < -0.39 is 6.04 Å². The predicted octanol–water partition coefficient (Wildman–Crippen LogP) is 2.37. The summed E-state index contributed by atoms with van der Waals surface area (Å²) in [6.07, 6.45) is 6.45. The molecule has 154 valence electrons. The topological polar surface area (TPSA) is 105 Å². The van der Waals surface area contributed by atoms with Crippen LogP contribution in [0.3, 0.4) is 0 Å². The first-order valence-electron chi connectivity index (χ1n) is 10.3. The number of nitrogens with one attached hydrogen (secondary N) is 1.